The van der Waals surface area contributed by atoms with Crippen LogP contribution in [0.15, 0.2) is 42.5 Å². The van der Waals surface area contributed by atoms with Crippen LogP contribution in [0, 0.1) is 10.1 Å². The number of halogens is 1. The molecule has 0 aliphatic rings. The van der Waals surface area contributed by atoms with Gasteiger partial charge in [0.2, 0.25) is 0 Å². The standard InChI is InChI=1S/C15H15ClN2O4/c1-9(15(20)10-2-5-12(19)6-3-10)17-14-7-4-11(18(21)22)8-13(14)16/h2-9,15,17,19-20H,1H3/t9-,15+/m1/s1. The van der Waals surface area contributed by atoms with Gasteiger partial charge in [-0.2, -0.15) is 0 Å². The average molecular weight is 323 g/mol. The summed E-state index contributed by atoms with van der Waals surface area (Å²) in [6.07, 6.45) is -0.827. The number of phenols is 1. The van der Waals surface area contributed by atoms with Gasteiger partial charge < -0.3 is 15.5 Å². The summed E-state index contributed by atoms with van der Waals surface area (Å²) in [5, 5.41) is 33.4. The molecule has 0 saturated heterocycles. The molecular weight excluding hydrogens is 308 g/mol. The second kappa shape index (κ2) is 6.64. The molecule has 0 bridgehead atoms. The molecule has 0 aromatic heterocycles. The third-order valence-corrected chi connectivity index (χ3v) is 3.57. The molecule has 0 aliphatic heterocycles. The monoisotopic (exact) mass is 322 g/mol. The predicted octanol–water partition coefficient (Wildman–Crippen LogP) is 3.49. The first kappa shape index (κ1) is 16.1. The maximum Gasteiger partial charge on any atom is 0.271 e. The van der Waals surface area contributed by atoms with Crippen LogP contribution in [0.1, 0.15) is 18.6 Å². The molecule has 2 aromatic rings. The summed E-state index contributed by atoms with van der Waals surface area (Å²) >= 11 is 6.01. The number of hydrogen-bond acceptors (Lipinski definition) is 5. The van der Waals surface area contributed by atoms with Gasteiger partial charge >= 0.3 is 0 Å². The van der Waals surface area contributed by atoms with Crippen LogP contribution in [-0.2, 0) is 0 Å². The summed E-state index contributed by atoms with van der Waals surface area (Å²) in [7, 11) is 0. The van der Waals surface area contributed by atoms with Gasteiger partial charge in [0.25, 0.3) is 5.69 Å². The average Bonchev–Trinajstić information content (AvgIpc) is 2.49. The van der Waals surface area contributed by atoms with Gasteiger partial charge in [-0.3, -0.25) is 10.1 Å². The Balaban J connectivity index is 2.12. The van der Waals surface area contributed by atoms with Gasteiger partial charge in [0.15, 0.2) is 0 Å². The van der Waals surface area contributed by atoms with E-state index < -0.39 is 11.0 Å². The Labute approximate surface area is 132 Å². The molecule has 0 unspecified atom stereocenters. The number of anilines is 1. The lowest BCUT2D eigenvalue weighted by Crippen LogP contribution is -2.24. The zero-order chi connectivity index (χ0) is 16.3. The molecule has 0 spiro atoms. The first-order valence-electron chi connectivity index (χ1n) is 6.56. The summed E-state index contributed by atoms with van der Waals surface area (Å²) in [5.41, 5.74) is 1.04. The van der Waals surface area contributed by atoms with Crippen LogP contribution in [0.4, 0.5) is 11.4 Å². The van der Waals surface area contributed by atoms with E-state index in [9.17, 15) is 20.3 Å². The number of hydrogen-bond donors (Lipinski definition) is 3. The van der Waals surface area contributed by atoms with Crippen molar-refractivity contribution in [3.05, 3.63) is 63.2 Å². The zero-order valence-corrected chi connectivity index (χ0v) is 12.5. The van der Waals surface area contributed by atoms with E-state index in [1.54, 1.807) is 19.1 Å². The van der Waals surface area contributed by atoms with E-state index in [-0.39, 0.29) is 22.5 Å². The van der Waals surface area contributed by atoms with Crippen LogP contribution in [0.3, 0.4) is 0 Å². The Morgan fingerprint density at radius 2 is 1.86 bits per heavy atom. The van der Waals surface area contributed by atoms with Gasteiger partial charge in [-0.25, -0.2) is 0 Å². The fraction of sp³-hybridized carbons (Fsp3) is 0.200. The first-order valence-corrected chi connectivity index (χ1v) is 6.93. The van der Waals surface area contributed by atoms with Crippen LogP contribution in [0.25, 0.3) is 0 Å². The number of nitrogens with one attached hydrogen (secondary N) is 1. The molecule has 0 aliphatic carbocycles. The number of nitro benzene ring substituents is 1. The lowest BCUT2D eigenvalue weighted by Gasteiger charge is -2.22. The second-order valence-corrected chi connectivity index (χ2v) is 5.30. The number of nitro groups is 1. The van der Waals surface area contributed by atoms with E-state index >= 15 is 0 Å². The summed E-state index contributed by atoms with van der Waals surface area (Å²) in [6.45, 7) is 1.76. The van der Waals surface area contributed by atoms with Gasteiger partial charge in [0.05, 0.1) is 27.8 Å². The quantitative estimate of drug-likeness (QED) is 0.578. The van der Waals surface area contributed by atoms with Crippen LogP contribution < -0.4 is 5.32 Å². The Kier molecular flexibility index (Phi) is 4.85. The number of aliphatic hydroxyl groups excluding tert-OH is 1. The van der Waals surface area contributed by atoms with E-state index in [0.717, 1.165) is 0 Å². The lowest BCUT2D eigenvalue weighted by atomic mass is 10.0. The van der Waals surface area contributed by atoms with Crippen molar-refractivity contribution in [2.45, 2.75) is 19.1 Å². The number of rotatable bonds is 5. The highest BCUT2D eigenvalue weighted by atomic mass is 35.5. The Bertz CT molecular complexity index is 676. The Morgan fingerprint density at radius 1 is 1.23 bits per heavy atom. The number of nitrogens with zero attached hydrogens (tertiary/aromatic N) is 1. The number of phenolic OH excluding ortho intramolecular Hbond substituents is 1. The number of benzene rings is 2. The molecule has 0 heterocycles. The topological polar surface area (TPSA) is 95.6 Å². The first-order chi connectivity index (χ1) is 10.4. The molecule has 7 heteroatoms. The Morgan fingerprint density at radius 3 is 2.41 bits per heavy atom. The maximum atomic E-state index is 10.7. The molecule has 22 heavy (non-hydrogen) atoms. The minimum absolute atomic E-state index is 0.0951. The van der Waals surface area contributed by atoms with Crippen LogP contribution in [0.5, 0.6) is 5.75 Å². The molecule has 3 N–H and O–H groups in total. The van der Waals surface area contributed by atoms with Crippen LogP contribution >= 0.6 is 11.6 Å². The van der Waals surface area contributed by atoms with Gasteiger partial charge in [-0.05, 0) is 30.7 Å². The van der Waals surface area contributed by atoms with E-state index in [0.29, 0.717) is 11.3 Å². The molecule has 2 aromatic carbocycles. The van der Waals surface area contributed by atoms with Gasteiger partial charge in [0, 0.05) is 12.1 Å². The SMILES string of the molecule is C[C@@H](Nc1ccc([N+](=O)[O-])cc1Cl)[C@H](O)c1ccc(O)cc1. The number of non-ortho nitro benzene ring substituents is 1. The fourth-order valence-electron chi connectivity index (χ4n) is 2.02. The molecule has 2 atom stereocenters. The minimum atomic E-state index is -0.827. The summed E-state index contributed by atoms with van der Waals surface area (Å²) in [5.74, 6) is 0.120. The van der Waals surface area contributed by atoms with Crippen molar-refractivity contribution in [2.75, 3.05) is 5.32 Å². The highest BCUT2D eigenvalue weighted by Crippen LogP contribution is 2.29. The van der Waals surface area contributed by atoms with Crippen LogP contribution in [0.2, 0.25) is 5.02 Å². The Hall–Kier alpha value is -2.31. The van der Waals surface area contributed by atoms with Gasteiger partial charge in [-0.15, -0.1) is 0 Å². The van der Waals surface area contributed by atoms with E-state index in [4.69, 9.17) is 11.6 Å². The third kappa shape index (κ3) is 3.66. The largest absolute Gasteiger partial charge is 0.508 e. The zero-order valence-electron chi connectivity index (χ0n) is 11.7. The van der Waals surface area contributed by atoms with Crippen molar-refractivity contribution in [1.29, 1.82) is 0 Å². The maximum absolute atomic E-state index is 10.7. The summed E-state index contributed by atoms with van der Waals surface area (Å²) in [4.78, 5) is 10.2. The highest BCUT2D eigenvalue weighted by Gasteiger charge is 2.18. The van der Waals surface area contributed by atoms with Crippen LogP contribution in [-0.4, -0.2) is 21.2 Å². The molecular formula is C15H15ClN2O4. The summed E-state index contributed by atoms with van der Waals surface area (Å²) in [6, 6.07) is 9.93. The van der Waals surface area contributed by atoms with Gasteiger partial charge in [-0.1, -0.05) is 23.7 Å². The fourth-order valence-corrected chi connectivity index (χ4v) is 2.25. The van der Waals surface area contributed by atoms with E-state index in [2.05, 4.69) is 5.32 Å². The van der Waals surface area contributed by atoms with Crippen molar-refractivity contribution >= 4 is 23.0 Å². The summed E-state index contributed by atoms with van der Waals surface area (Å²) < 4.78 is 0. The second-order valence-electron chi connectivity index (χ2n) is 4.89. The highest BCUT2D eigenvalue weighted by molar-refractivity contribution is 6.33. The third-order valence-electron chi connectivity index (χ3n) is 3.25. The molecule has 6 nitrogen and oxygen atoms in total. The van der Waals surface area contributed by atoms with Crippen molar-refractivity contribution in [3.63, 3.8) is 0 Å². The molecule has 0 amide bonds. The lowest BCUT2D eigenvalue weighted by molar-refractivity contribution is -0.384. The van der Waals surface area contributed by atoms with Crippen molar-refractivity contribution in [1.82, 2.24) is 0 Å². The predicted molar refractivity (Wildman–Crippen MR) is 84.3 cm³/mol. The smallest absolute Gasteiger partial charge is 0.271 e. The van der Waals surface area contributed by atoms with E-state index in [1.165, 1.54) is 30.3 Å². The molecule has 116 valence electrons. The minimum Gasteiger partial charge on any atom is -0.508 e. The van der Waals surface area contributed by atoms with Crippen molar-refractivity contribution in [2.24, 2.45) is 0 Å². The van der Waals surface area contributed by atoms with E-state index in [1.807, 2.05) is 0 Å². The normalized spacial score (nSPS) is 13.4. The van der Waals surface area contributed by atoms with Crippen molar-refractivity contribution in [3.8, 4) is 5.75 Å². The molecule has 0 radical (unpaired) electrons. The molecule has 0 saturated carbocycles. The van der Waals surface area contributed by atoms with Gasteiger partial charge in [0.1, 0.15) is 5.75 Å². The number of aromatic hydroxyl groups is 1. The molecule has 2 rings (SSSR count). The number of aliphatic hydroxyl groups is 1. The van der Waals surface area contributed by atoms with Crippen molar-refractivity contribution < 1.29 is 15.1 Å². The molecule has 0 fully saturated rings.